The van der Waals surface area contributed by atoms with Crippen molar-refractivity contribution in [3.05, 3.63) is 4.85 Å². The van der Waals surface area contributed by atoms with E-state index in [-0.39, 0.29) is 11.0 Å². The Labute approximate surface area is 57.9 Å². The number of hydrogen-bond acceptors (Lipinski definition) is 0. The number of hydrogen-bond donors (Lipinski definition) is 0. The monoisotopic (exact) mass is 126 g/mol. The van der Waals surface area contributed by atoms with Crippen LogP contribution in [0.4, 0.5) is 0 Å². The largest absolute Gasteiger partial charge is 0.280 e. The smallest absolute Gasteiger partial charge is 0.0804 e. The molecule has 1 nitrogen and oxygen atoms in total. The van der Waals surface area contributed by atoms with Gasteiger partial charge >= 0.3 is 0 Å². The van der Waals surface area contributed by atoms with Crippen LogP contribution in [0.15, 0.2) is 0 Å². The summed E-state index contributed by atoms with van der Waals surface area (Å²) in [4.78, 5) is 3.79. The van der Waals surface area contributed by atoms with E-state index in [4.69, 9.17) is 6.57 Å². The first-order chi connectivity index (χ1) is 3.81. The Morgan fingerprint density at radius 2 is 1.33 bits per heavy atom. The van der Waals surface area contributed by atoms with E-state index in [1.54, 1.807) is 0 Å². The Morgan fingerprint density at radius 1 is 1.00 bits per heavy atom. The number of rotatable bonds is 0. The van der Waals surface area contributed by atoms with Crippen molar-refractivity contribution < 1.29 is 0 Å². The molecule has 0 heterocycles. The average Bonchev–Trinajstić information content (AvgIpc) is 1.64. The van der Waals surface area contributed by atoms with Gasteiger partial charge in [0, 0.05) is 19.3 Å². The summed E-state index contributed by atoms with van der Waals surface area (Å²) in [5.74, 6) is 0. The Balaban J connectivity index is 4.39. The first-order valence-corrected chi connectivity index (χ1v) is 3.23. The second-order valence-corrected chi connectivity index (χ2v) is 3.94. The second kappa shape index (κ2) is 2.02. The van der Waals surface area contributed by atoms with E-state index < -0.39 is 0 Å². The first-order valence-electron chi connectivity index (χ1n) is 3.23. The van der Waals surface area contributed by atoms with Gasteiger partial charge in [-0.15, -0.1) is 0 Å². The third-order valence-corrected chi connectivity index (χ3v) is 2.16. The fraction of sp³-hybridized carbons (Fsp3) is 0.875. The van der Waals surface area contributed by atoms with Gasteiger partial charge in [0.25, 0.3) is 12.1 Å². The minimum absolute atomic E-state index is 0.118. The average molecular weight is 126 g/mol. The zero-order valence-electron chi connectivity index (χ0n) is 7.02. The lowest BCUT2D eigenvalue weighted by Gasteiger charge is -2.23. The van der Waals surface area contributed by atoms with Crippen molar-refractivity contribution in [3.8, 4) is 6.57 Å². The Bertz CT molecular complexity index is 132. The summed E-state index contributed by atoms with van der Waals surface area (Å²) in [6, 6.07) is 0. The van der Waals surface area contributed by atoms with Gasteiger partial charge in [-0.25, -0.2) is 0 Å². The SMILES string of the molecule is C#[N+]C(C)(C)C(C)(C)C. The lowest BCUT2D eigenvalue weighted by atomic mass is 9.77. The third-order valence-electron chi connectivity index (χ3n) is 2.16. The molecule has 0 unspecified atom stereocenters. The van der Waals surface area contributed by atoms with Gasteiger partial charge in [0.05, 0.1) is 0 Å². The van der Waals surface area contributed by atoms with Crippen LogP contribution in [-0.2, 0) is 0 Å². The highest BCUT2D eigenvalue weighted by molar-refractivity contribution is 5.01. The molecule has 0 rings (SSSR count). The van der Waals surface area contributed by atoms with Gasteiger partial charge in [-0.05, 0) is 0 Å². The zero-order chi connectivity index (χ0) is 7.71. The Kier molecular flexibility index (Phi) is 1.91. The van der Waals surface area contributed by atoms with Gasteiger partial charge < -0.3 is 0 Å². The standard InChI is InChI=1S/C8H16N/c1-7(2,3)8(4,5)9-6/h6H,1-5H3/q+1. The quantitative estimate of drug-likeness (QED) is 0.470. The van der Waals surface area contributed by atoms with Gasteiger partial charge in [0.2, 0.25) is 0 Å². The molecule has 0 spiro atoms. The molecule has 0 atom stereocenters. The Morgan fingerprint density at radius 3 is 1.33 bits per heavy atom. The van der Waals surface area contributed by atoms with Crippen LogP contribution < -0.4 is 0 Å². The molecule has 0 N–H and O–H groups in total. The molecule has 0 amide bonds. The minimum atomic E-state index is -0.118. The van der Waals surface area contributed by atoms with Crippen LogP contribution in [0.25, 0.3) is 4.85 Å². The molecule has 0 aromatic carbocycles. The maximum atomic E-state index is 5.22. The minimum Gasteiger partial charge on any atom is -0.0804 e. The lowest BCUT2D eigenvalue weighted by Crippen LogP contribution is -2.32. The highest BCUT2D eigenvalue weighted by Crippen LogP contribution is 2.32. The molecule has 0 bridgehead atoms. The van der Waals surface area contributed by atoms with Gasteiger partial charge in [-0.1, -0.05) is 25.6 Å². The van der Waals surface area contributed by atoms with Crippen molar-refractivity contribution in [2.45, 2.75) is 40.2 Å². The molecule has 0 aliphatic heterocycles. The molecule has 1 heteroatoms. The van der Waals surface area contributed by atoms with Gasteiger partial charge in [-0.2, -0.15) is 0 Å². The maximum absolute atomic E-state index is 5.22. The van der Waals surface area contributed by atoms with E-state index >= 15 is 0 Å². The summed E-state index contributed by atoms with van der Waals surface area (Å²) in [5, 5.41) is 0. The van der Waals surface area contributed by atoms with Crippen LogP contribution in [0.5, 0.6) is 0 Å². The van der Waals surface area contributed by atoms with Crippen LogP contribution in [-0.4, -0.2) is 5.54 Å². The van der Waals surface area contributed by atoms with Crippen molar-refractivity contribution in [2.75, 3.05) is 0 Å². The maximum Gasteiger partial charge on any atom is 0.280 e. The van der Waals surface area contributed by atoms with Crippen LogP contribution in [0.1, 0.15) is 34.6 Å². The third kappa shape index (κ3) is 1.71. The summed E-state index contributed by atoms with van der Waals surface area (Å²) in [6.45, 7) is 15.7. The second-order valence-electron chi connectivity index (χ2n) is 3.94. The highest BCUT2D eigenvalue weighted by Gasteiger charge is 2.42. The molecule has 0 fully saturated rings. The van der Waals surface area contributed by atoms with Crippen LogP contribution >= 0.6 is 0 Å². The van der Waals surface area contributed by atoms with Gasteiger partial charge in [0.15, 0.2) is 0 Å². The van der Waals surface area contributed by atoms with Gasteiger partial charge in [-0.3, -0.25) is 0 Å². The predicted molar refractivity (Wildman–Crippen MR) is 41.8 cm³/mol. The van der Waals surface area contributed by atoms with E-state index in [1.165, 1.54) is 0 Å². The molecule has 0 saturated heterocycles. The van der Waals surface area contributed by atoms with E-state index in [0.29, 0.717) is 0 Å². The molecule has 0 aliphatic carbocycles. The van der Waals surface area contributed by atoms with Crippen LogP contribution in [0.2, 0.25) is 0 Å². The molecular weight excluding hydrogens is 110 g/mol. The summed E-state index contributed by atoms with van der Waals surface area (Å²) in [6.07, 6.45) is 0. The van der Waals surface area contributed by atoms with Gasteiger partial charge in [0.1, 0.15) is 0 Å². The van der Waals surface area contributed by atoms with E-state index in [2.05, 4.69) is 25.6 Å². The topological polar surface area (TPSA) is 4.36 Å². The van der Waals surface area contributed by atoms with Crippen molar-refractivity contribution in [3.63, 3.8) is 0 Å². The Hall–Kier alpha value is -0.510. The van der Waals surface area contributed by atoms with Crippen LogP contribution in [0, 0.1) is 12.0 Å². The molecule has 0 radical (unpaired) electrons. The fourth-order valence-electron chi connectivity index (χ4n) is 0.194. The molecule has 9 heavy (non-hydrogen) atoms. The predicted octanol–water partition coefficient (Wildman–Crippen LogP) is 2.77. The van der Waals surface area contributed by atoms with Crippen molar-refractivity contribution in [1.82, 2.24) is 0 Å². The molecule has 0 aliphatic rings. The summed E-state index contributed by atoms with van der Waals surface area (Å²) >= 11 is 0. The molecule has 0 aromatic heterocycles. The summed E-state index contributed by atoms with van der Waals surface area (Å²) in [5.41, 5.74) is 0.0365. The first kappa shape index (κ1) is 8.49. The molecule has 0 aromatic rings. The normalized spacial score (nSPS) is 12.9. The fourth-order valence-corrected chi connectivity index (χ4v) is 0.194. The molecular formula is C8H16N+. The van der Waals surface area contributed by atoms with E-state index in [1.807, 2.05) is 13.8 Å². The van der Waals surface area contributed by atoms with E-state index in [9.17, 15) is 0 Å². The van der Waals surface area contributed by atoms with Crippen molar-refractivity contribution in [2.24, 2.45) is 5.41 Å². The highest BCUT2D eigenvalue weighted by atomic mass is 14.8. The van der Waals surface area contributed by atoms with Crippen molar-refractivity contribution in [1.29, 1.82) is 0 Å². The van der Waals surface area contributed by atoms with Crippen LogP contribution in [0.3, 0.4) is 0 Å². The van der Waals surface area contributed by atoms with Crippen molar-refractivity contribution >= 4 is 0 Å². The molecule has 52 valence electrons. The lowest BCUT2D eigenvalue weighted by molar-refractivity contribution is 0.274. The summed E-state index contributed by atoms with van der Waals surface area (Å²) in [7, 11) is 0. The summed E-state index contributed by atoms with van der Waals surface area (Å²) < 4.78 is 0. The van der Waals surface area contributed by atoms with E-state index in [0.717, 1.165) is 0 Å². The molecule has 0 saturated carbocycles. The number of nitrogens with zero attached hydrogens (tertiary/aromatic N) is 1. The zero-order valence-corrected chi connectivity index (χ0v) is 7.02.